The number of benzene rings is 1. The number of hydrogen-bond acceptors (Lipinski definition) is 3. The normalized spacial score (nSPS) is 21.6. The first-order chi connectivity index (χ1) is 9.66. The fraction of sp³-hybridized carbons (Fsp3) is 0.467. The summed E-state index contributed by atoms with van der Waals surface area (Å²) >= 11 is 1.84. The van der Waals surface area contributed by atoms with E-state index in [0.29, 0.717) is 25.1 Å². The molecule has 5 heteroatoms. The minimum atomic E-state index is -0.881. The molecule has 0 radical (unpaired) electrons. The number of thioether (sulfide) groups is 1. The van der Waals surface area contributed by atoms with Crippen molar-refractivity contribution in [1.29, 1.82) is 0 Å². The van der Waals surface area contributed by atoms with Crippen molar-refractivity contribution in [3.63, 3.8) is 0 Å². The van der Waals surface area contributed by atoms with Crippen molar-refractivity contribution in [3.05, 3.63) is 34.9 Å². The Morgan fingerprint density at radius 3 is 2.90 bits per heavy atom. The number of carbonyl (C=O) groups excluding carboxylic acids is 1. The summed E-state index contributed by atoms with van der Waals surface area (Å²) in [5.74, 6) is 1.51. The Morgan fingerprint density at radius 2 is 2.20 bits per heavy atom. The highest BCUT2D eigenvalue weighted by atomic mass is 32.2. The van der Waals surface area contributed by atoms with E-state index in [1.165, 1.54) is 0 Å². The number of carbonyl (C=O) groups is 2. The zero-order valence-corrected chi connectivity index (χ0v) is 12.0. The largest absolute Gasteiger partial charge is 0.478 e. The Bertz CT molecular complexity index is 552. The minimum absolute atomic E-state index is 0.157. The molecule has 20 heavy (non-hydrogen) atoms. The Kier molecular flexibility index (Phi) is 3.70. The van der Waals surface area contributed by atoms with Crippen LogP contribution in [0.2, 0.25) is 0 Å². The molecule has 0 spiro atoms. The molecule has 1 fully saturated rings. The molecule has 3 rings (SSSR count). The van der Waals surface area contributed by atoms with Gasteiger partial charge in [0.05, 0.1) is 5.56 Å². The molecule has 0 aromatic heterocycles. The highest BCUT2D eigenvalue weighted by molar-refractivity contribution is 7.99. The lowest BCUT2D eigenvalue weighted by Crippen LogP contribution is -2.40. The molecule has 2 aliphatic heterocycles. The molecule has 0 saturated carbocycles. The van der Waals surface area contributed by atoms with E-state index in [9.17, 15) is 14.7 Å². The third-order valence-electron chi connectivity index (χ3n) is 4.09. The van der Waals surface area contributed by atoms with E-state index in [0.717, 1.165) is 29.1 Å². The number of carboxylic acid groups (broad SMARTS) is 1. The lowest BCUT2D eigenvalue weighted by atomic mass is 9.93. The molecule has 106 valence electrons. The SMILES string of the molecule is O=C(O)c1cccc2c1CCN(C(=O)C1CCSC1)C2. The summed E-state index contributed by atoms with van der Waals surface area (Å²) in [5.41, 5.74) is 2.26. The van der Waals surface area contributed by atoms with Crippen LogP contribution in [0, 0.1) is 5.92 Å². The van der Waals surface area contributed by atoms with E-state index in [1.807, 2.05) is 22.7 Å². The maximum absolute atomic E-state index is 12.4. The van der Waals surface area contributed by atoms with Gasteiger partial charge in [0, 0.05) is 24.8 Å². The molecule has 4 nitrogen and oxygen atoms in total. The lowest BCUT2D eigenvalue weighted by Gasteiger charge is -2.31. The summed E-state index contributed by atoms with van der Waals surface area (Å²) in [7, 11) is 0. The molecule has 1 saturated heterocycles. The van der Waals surface area contributed by atoms with Gasteiger partial charge < -0.3 is 10.0 Å². The van der Waals surface area contributed by atoms with Crippen LogP contribution >= 0.6 is 11.8 Å². The van der Waals surface area contributed by atoms with Crippen molar-refractivity contribution in [2.75, 3.05) is 18.1 Å². The first-order valence-electron chi connectivity index (χ1n) is 6.87. The summed E-state index contributed by atoms with van der Waals surface area (Å²) < 4.78 is 0. The topological polar surface area (TPSA) is 57.6 Å². The van der Waals surface area contributed by atoms with Gasteiger partial charge in [0.15, 0.2) is 0 Å². The van der Waals surface area contributed by atoms with Crippen LogP contribution in [-0.4, -0.2) is 39.9 Å². The van der Waals surface area contributed by atoms with Crippen molar-refractivity contribution >= 4 is 23.6 Å². The standard InChI is InChI=1S/C15H17NO3S/c17-14(11-5-7-20-9-11)16-6-4-12-10(8-16)2-1-3-13(12)15(18)19/h1-3,11H,4-9H2,(H,18,19). The molecular formula is C15H17NO3S. The molecule has 1 atom stereocenters. The Hall–Kier alpha value is -1.49. The molecule has 1 aromatic carbocycles. The second kappa shape index (κ2) is 5.48. The summed E-state index contributed by atoms with van der Waals surface area (Å²) in [6, 6.07) is 5.35. The van der Waals surface area contributed by atoms with Gasteiger partial charge >= 0.3 is 5.97 Å². The maximum atomic E-state index is 12.4. The molecule has 1 aromatic rings. The minimum Gasteiger partial charge on any atom is -0.478 e. The van der Waals surface area contributed by atoms with Gasteiger partial charge in [0.1, 0.15) is 0 Å². The van der Waals surface area contributed by atoms with Crippen molar-refractivity contribution < 1.29 is 14.7 Å². The van der Waals surface area contributed by atoms with Gasteiger partial charge in [-0.25, -0.2) is 4.79 Å². The monoisotopic (exact) mass is 291 g/mol. The van der Waals surface area contributed by atoms with Crippen LogP contribution in [0.5, 0.6) is 0 Å². The third kappa shape index (κ3) is 2.42. The van der Waals surface area contributed by atoms with Crippen LogP contribution in [0.1, 0.15) is 27.9 Å². The number of aromatic carboxylic acids is 1. The van der Waals surface area contributed by atoms with Crippen LogP contribution in [0.3, 0.4) is 0 Å². The van der Waals surface area contributed by atoms with Gasteiger partial charge in [0.25, 0.3) is 0 Å². The number of rotatable bonds is 2. The van der Waals surface area contributed by atoms with Gasteiger partial charge in [-0.1, -0.05) is 12.1 Å². The van der Waals surface area contributed by atoms with Crippen molar-refractivity contribution in [2.24, 2.45) is 5.92 Å². The zero-order valence-electron chi connectivity index (χ0n) is 11.2. The van der Waals surface area contributed by atoms with Gasteiger partial charge in [-0.05, 0) is 35.8 Å². The predicted octanol–water partition coefficient (Wildman–Crippen LogP) is 2.02. The van der Waals surface area contributed by atoms with Crippen LogP contribution < -0.4 is 0 Å². The van der Waals surface area contributed by atoms with Gasteiger partial charge in [-0.2, -0.15) is 11.8 Å². The number of fused-ring (bicyclic) bond motifs is 1. The zero-order chi connectivity index (χ0) is 14.1. The molecule has 0 aliphatic carbocycles. The Balaban J connectivity index is 1.80. The highest BCUT2D eigenvalue weighted by Gasteiger charge is 2.30. The number of nitrogens with zero attached hydrogens (tertiary/aromatic N) is 1. The van der Waals surface area contributed by atoms with E-state index in [2.05, 4.69) is 0 Å². The first-order valence-corrected chi connectivity index (χ1v) is 8.03. The van der Waals surface area contributed by atoms with E-state index < -0.39 is 5.97 Å². The average molecular weight is 291 g/mol. The van der Waals surface area contributed by atoms with Gasteiger partial charge in [-0.3, -0.25) is 4.79 Å². The molecule has 1 amide bonds. The fourth-order valence-corrected chi connectivity index (χ4v) is 4.20. The smallest absolute Gasteiger partial charge is 0.335 e. The second-order valence-electron chi connectivity index (χ2n) is 5.32. The molecular weight excluding hydrogens is 274 g/mol. The molecule has 0 bridgehead atoms. The third-order valence-corrected chi connectivity index (χ3v) is 5.25. The van der Waals surface area contributed by atoms with Crippen LogP contribution in [-0.2, 0) is 17.8 Å². The Labute approximate surface area is 122 Å². The lowest BCUT2D eigenvalue weighted by molar-refractivity contribution is -0.135. The number of amides is 1. The number of carboxylic acids is 1. The van der Waals surface area contributed by atoms with Crippen molar-refractivity contribution in [2.45, 2.75) is 19.4 Å². The number of hydrogen-bond donors (Lipinski definition) is 1. The van der Waals surface area contributed by atoms with E-state index in [-0.39, 0.29) is 11.8 Å². The van der Waals surface area contributed by atoms with Crippen molar-refractivity contribution in [3.8, 4) is 0 Å². The van der Waals surface area contributed by atoms with Crippen LogP contribution in [0.25, 0.3) is 0 Å². The predicted molar refractivity (Wildman–Crippen MR) is 78.0 cm³/mol. The molecule has 2 aliphatic rings. The summed E-state index contributed by atoms with van der Waals surface area (Å²) in [5, 5.41) is 9.21. The second-order valence-corrected chi connectivity index (χ2v) is 6.47. The van der Waals surface area contributed by atoms with Crippen LogP contribution in [0.4, 0.5) is 0 Å². The van der Waals surface area contributed by atoms with E-state index >= 15 is 0 Å². The van der Waals surface area contributed by atoms with E-state index in [4.69, 9.17) is 0 Å². The highest BCUT2D eigenvalue weighted by Crippen LogP contribution is 2.28. The van der Waals surface area contributed by atoms with E-state index in [1.54, 1.807) is 12.1 Å². The molecule has 1 unspecified atom stereocenters. The first kappa shape index (κ1) is 13.5. The summed E-state index contributed by atoms with van der Waals surface area (Å²) in [6.45, 7) is 1.19. The Morgan fingerprint density at radius 1 is 1.35 bits per heavy atom. The summed E-state index contributed by atoms with van der Waals surface area (Å²) in [4.78, 5) is 25.5. The fourth-order valence-electron chi connectivity index (χ4n) is 2.99. The van der Waals surface area contributed by atoms with Crippen LogP contribution in [0.15, 0.2) is 18.2 Å². The van der Waals surface area contributed by atoms with Crippen molar-refractivity contribution in [1.82, 2.24) is 4.90 Å². The van der Waals surface area contributed by atoms with Gasteiger partial charge in [-0.15, -0.1) is 0 Å². The maximum Gasteiger partial charge on any atom is 0.335 e. The molecule has 1 N–H and O–H groups in total. The average Bonchev–Trinajstić information content (AvgIpc) is 2.99. The van der Waals surface area contributed by atoms with Gasteiger partial charge in [0.2, 0.25) is 5.91 Å². The summed E-state index contributed by atoms with van der Waals surface area (Å²) in [6.07, 6.45) is 1.62. The molecule has 2 heterocycles. The quantitative estimate of drug-likeness (QED) is 0.905.